The Bertz CT molecular complexity index is 1060. The highest BCUT2D eigenvalue weighted by atomic mass is 32.1. The molecule has 166 valence electrons. The molecular formula is C22H23N5O4S. The van der Waals surface area contributed by atoms with Crippen LogP contribution in [0.4, 0.5) is 16.4 Å². The number of fused-ring (bicyclic) bond motifs is 1. The van der Waals surface area contributed by atoms with Gasteiger partial charge in [0, 0.05) is 11.9 Å². The number of rotatable bonds is 6. The predicted octanol–water partition coefficient (Wildman–Crippen LogP) is 2.98. The molecule has 0 unspecified atom stereocenters. The predicted molar refractivity (Wildman–Crippen MR) is 121 cm³/mol. The molecule has 4 heterocycles. The third-order valence-corrected chi connectivity index (χ3v) is 6.35. The molecule has 0 saturated carbocycles. The van der Waals surface area contributed by atoms with Crippen LogP contribution in [0, 0.1) is 0 Å². The molecule has 5 rings (SSSR count). The van der Waals surface area contributed by atoms with Crippen LogP contribution in [0.3, 0.4) is 0 Å². The van der Waals surface area contributed by atoms with Crippen molar-refractivity contribution in [3.8, 4) is 16.3 Å². The number of hydrogen-bond acceptors (Lipinski definition) is 8. The first kappa shape index (κ1) is 20.7. The fraction of sp³-hybridized carbons (Fsp3) is 0.318. The van der Waals surface area contributed by atoms with Crippen molar-refractivity contribution in [3.05, 3.63) is 54.0 Å². The van der Waals surface area contributed by atoms with E-state index in [4.69, 9.17) is 14.2 Å². The zero-order valence-corrected chi connectivity index (χ0v) is 18.2. The number of benzene rings is 1. The van der Waals surface area contributed by atoms with E-state index in [0.717, 1.165) is 16.3 Å². The van der Waals surface area contributed by atoms with Gasteiger partial charge in [0.1, 0.15) is 18.0 Å². The number of amides is 2. The molecule has 2 saturated heterocycles. The van der Waals surface area contributed by atoms with Gasteiger partial charge < -0.3 is 30.2 Å². The van der Waals surface area contributed by atoms with E-state index in [1.54, 1.807) is 48.9 Å². The van der Waals surface area contributed by atoms with E-state index in [-0.39, 0.29) is 30.3 Å². The number of methoxy groups -OCH3 is 1. The average Bonchev–Trinajstić information content (AvgIpc) is 3.55. The minimum absolute atomic E-state index is 0.102. The molecule has 0 bridgehead atoms. The zero-order chi connectivity index (χ0) is 21.9. The molecule has 2 fully saturated rings. The monoisotopic (exact) mass is 453 g/mol. The molecule has 9 nitrogen and oxygen atoms in total. The van der Waals surface area contributed by atoms with Gasteiger partial charge in [0.15, 0.2) is 0 Å². The van der Waals surface area contributed by atoms with E-state index in [9.17, 15) is 4.79 Å². The van der Waals surface area contributed by atoms with Gasteiger partial charge in [-0.05, 0) is 41.8 Å². The lowest BCUT2D eigenvalue weighted by molar-refractivity contribution is 0.0683. The highest BCUT2D eigenvalue weighted by molar-refractivity contribution is 7.13. The van der Waals surface area contributed by atoms with Crippen molar-refractivity contribution in [1.82, 2.24) is 15.3 Å². The van der Waals surface area contributed by atoms with E-state index < -0.39 is 0 Å². The molecule has 3 aromatic rings. The highest BCUT2D eigenvalue weighted by Crippen LogP contribution is 2.29. The van der Waals surface area contributed by atoms with Gasteiger partial charge in [0.05, 0.1) is 43.0 Å². The number of thiophene rings is 1. The Kier molecular flexibility index (Phi) is 5.89. The number of carbonyl (C=O) groups is 1. The van der Waals surface area contributed by atoms with Crippen LogP contribution in [0.5, 0.6) is 5.75 Å². The van der Waals surface area contributed by atoms with Crippen LogP contribution in [-0.2, 0) is 9.47 Å². The van der Waals surface area contributed by atoms with E-state index in [2.05, 4.69) is 25.9 Å². The van der Waals surface area contributed by atoms with Crippen molar-refractivity contribution in [2.24, 2.45) is 0 Å². The van der Waals surface area contributed by atoms with E-state index in [1.165, 1.54) is 0 Å². The second-order valence-corrected chi connectivity index (χ2v) is 8.47. The molecule has 2 aromatic heterocycles. The number of nitrogens with zero attached hydrogens (tertiary/aromatic N) is 2. The van der Waals surface area contributed by atoms with Crippen molar-refractivity contribution in [1.29, 1.82) is 0 Å². The fourth-order valence-electron chi connectivity index (χ4n) is 3.91. The lowest BCUT2D eigenvalue weighted by Crippen LogP contribution is -2.46. The number of ether oxygens (including phenoxy) is 3. The summed E-state index contributed by atoms with van der Waals surface area (Å²) >= 11 is 1.63. The fourth-order valence-corrected chi connectivity index (χ4v) is 4.61. The van der Waals surface area contributed by atoms with Crippen molar-refractivity contribution in [2.75, 3.05) is 31.0 Å². The van der Waals surface area contributed by atoms with Crippen molar-refractivity contribution in [3.63, 3.8) is 0 Å². The molecular weight excluding hydrogens is 430 g/mol. The number of urea groups is 1. The normalized spacial score (nSPS) is 24.0. The molecule has 32 heavy (non-hydrogen) atoms. The largest absolute Gasteiger partial charge is 0.497 e. The average molecular weight is 454 g/mol. The van der Waals surface area contributed by atoms with Crippen molar-refractivity contribution in [2.45, 2.75) is 24.3 Å². The third-order valence-electron chi connectivity index (χ3n) is 5.46. The first-order valence-electron chi connectivity index (χ1n) is 10.3. The van der Waals surface area contributed by atoms with Crippen LogP contribution in [0.15, 0.2) is 54.0 Å². The van der Waals surface area contributed by atoms with Crippen molar-refractivity contribution >= 4 is 29.0 Å². The topological polar surface area (TPSA) is 107 Å². The summed E-state index contributed by atoms with van der Waals surface area (Å²) in [6, 6.07) is 12.4. The summed E-state index contributed by atoms with van der Waals surface area (Å²) in [7, 11) is 1.60. The van der Waals surface area contributed by atoms with E-state index in [0.29, 0.717) is 24.8 Å². The first-order valence-corrected chi connectivity index (χ1v) is 11.2. The molecule has 3 N–H and O–H groups in total. The molecule has 0 aliphatic carbocycles. The van der Waals surface area contributed by atoms with Gasteiger partial charge in [0.2, 0.25) is 5.95 Å². The maximum absolute atomic E-state index is 12.4. The van der Waals surface area contributed by atoms with Gasteiger partial charge >= 0.3 is 6.03 Å². The van der Waals surface area contributed by atoms with Gasteiger partial charge in [-0.3, -0.25) is 0 Å². The van der Waals surface area contributed by atoms with Crippen molar-refractivity contribution < 1.29 is 19.0 Å². The Balaban J connectivity index is 1.17. The van der Waals surface area contributed by atoms with Crippen LogP contribution in [0.2, 0.25) is 0 Å². The summed E-state index contributed by atoms with van der Waals surface area (Å²) in [6.45, 7) is 0.819. The molecule has 2 aliphatic rings. The minimum atomic E-state index is -0.309. The number of aromatic nitrogens is 2. The Morgan fingerprint density at radius 3 is 2.62 bits per heavy atom. The summed E-state index contributed by atoms with van der Waals surface area (Å²) in [5.74, 6) is 1.26. The summed E-state index contributed by atoms with van der Waals surface area (Å²) in [4.78, 5) is 22.5. The summed E-state index contributed by atoms with van der Waals surface area (Å²) < 4.78 is 17.0. The quantitative estimate of drug-likeness (QED) is 0.527. The third kappa shape index (κ3) is 4.38. The van der Waals surface area contributed by atoms with Gasteiger partial charge in [-0.2, -0.15) is 0 Å². The number of nitrogens with one attached hydrogen (secondary N) is 3. The molecule has 0 radical (unpaired) electrons. The second-order valence-electron chi connectivity index (χ2n) is 7.52. The van der Waals surface area contributed by atoms with Crippen LogP contribution >= 0.6 is 11.3 Å². The maximum atomic E-state index is 12.4. The minimum Gasteiger partial charge on any atom is -0.497 e. The zero-order valence-electron chi connectivity index (χ0n) is 17.4. The lowest BCUT2D eigenvalue weighted by Gasteiger charge is -2.18. The molecule has 2 aliphatic heterocycles. The Hall–Kier alpha value is -3.21. The number of anilines is 2. The standard InChI is InChI=1S/C22H23N5O4S/c1-29-14-6-4-13(5-7-14)24-22(28)27-17-12-31-19-16(11-30-20(17)19)26-21-23-9-8-15(25-21)18-3-2-10-32-18/h2-10,16-17,19-20H,11-12H2,1H3,(H,23,25,26)(H2,24,27,28)/t16-,17+,19-,20+/m0/s1. The Morgan fingerprint density at radius 1 is 1.09 bits per heavy atom. The summed E-state index contributed by atoms with van der Waals surface area (Å²) in [5, 5.41) is 11.1. The summed E-state index contributed by atoms with van der Waals surface area (Å²) in [5.41, 5.74) is 1.54. The highest BCUT2D eigenvalue weighted by Gasteiger charge is 2.48. The van der Waals surface area contributed by atoms with Crippen LogP contribution in [0.1, 0.15) is 0 Å². The smallest absolute Gasteiger partial charge is 0.319 e. The summed E-state index contributed by atoms with van der Waals surface area (Å²) in [6.07, 6.45) is 1.30. The molecule has 2 amide bonds. The van der Waals surface area contributed by atoms with Crippen LogP contribution in [-0.4, -0.2) is 60.6 Å². The molecule has 10 heteroatoms. The van der Waals surface area contributed by atoms with Crippen LogP contribution < -0.4 is 20.7 Å². The Morgan fingerprint density at radius 2 is 1.88 bits per heavy atom. The number of carbonyl (C=O) groups excluding carboxylic acids is 1. The van der Waals surface area contributed by atoms with E-state index in [1.807, 2.05) is 23.6 Å². The van der Waals surface area contributed by atoms with E-state index >= 15 is 0 Å². The maximum Gasteiger partial charge on any atom is 0.319 e. The SMILES string of the molecule is COc1ccc(NC(=O)N[C@@H]2CO[C@@H]3[C@@H]2OC[C@@H]3Nc2nccc(-c3cccs3)n2)cc1. The number of hydrogen-bond donors (Lipinski definition) is 3. The van der Waals surface area contributed by atoms with Gasteiger partial charge in [-0.15, -0.1) is 11.3 Å². The molecule has 1 aromatic carbocycles. The van der Waals surface area contributed by atoms with Crippen LogP contribution in [0.25, 0.3) is 10.6 Å². The Labute approximate surface area is 189 Å². The molecule has 4 atom stereocenters. The van der Waals surface area contributed by atoms with Gasteiger partial charge in [0.25, 0.3) is 0 Å². The molecule has 0 spiro atoms. The van der Waals surface area contributed by atoms with Gasteiger partial charge in [-0.1, -0.05) is 6.07 Å². The second kappa shape index (κ2) is 9.11. The van der Waals surface area contributed by atoms with Gasteiger partial charge in [-0.25, -0.2) is 14.8 Å². The first-order chi connectivity index (χ1) is 15.7. The lowest BCUT2D eigenvalue weighted by atomic mass is 10.1.